The van der Waals surface area contributed by atoms with Gasteiger partial charge in [-0.25, -0.2) is 8.42 Å². The van der Waals surface area contributed by atoms with E-state index in [2.05, 4.69) is 6.07 Å². The Morgan fingerprint density at radius 1 is 0.860 bits per heavy atom. The van der Waals surface area contributed by atoms with Crippen molar-refractivity contribution in [1.82, 2.24) is 0 Å². The molecule has 230 valence electrons. The molecule has 43 heavy (non-hydrogen) atoms. The molecular formula is C32H37NO8S2. The Morgan fingerprint density at radius 2 is 1.42 bits per heavy atom. The first kappa shape index (κ1) is 32.3. The highest BCUT2D eigenvalue weighted by Gasteiger charge is 2.32. The molecule has 0 N–H and O–H groups in total. The van der Waals surface area contributed by atoms with Gasteiger partial charge in [-0.2, -0.15) is 5.26 Å². The molecular weight excluding hydrogens is 590 g/mol. The smallest absolute Gasteiger partial charge is 0.203 e. The van der Waals surface area contributed by atoms with Crippen molar-refractivity contribution in [3.8, 4) is 34.8 Å². The highest BCUT2D eigenvalue weighted by Crippen LogP contribution is 2.48. The zero-order valence-electron chi connectivity index (χ0n) is 25.0. The summed E-state index contributed by atoms with van der Waals surface area (Å²) < 4.78 is 61.6. The van der Waals surface area contributed by atoms with E-state index in [1.165, 1.54) is 7.11 Å². The van der Waals surface area contributed by atoms with E-state index in [0.717, 1.165) is 10.5 Å². The molecule has 1 fully saturated rings. The third-order valence-corrected chi connectivity index (χ3v) is 10.00. The second-order valence-electron chi connectivity index (χ2n) is 9.85. The van der Waals surface area contributed by atoms with Crippen molar-refractivity contribution in [3.63, 3.8) is 0 Å². The van der Waals surface area contributed by atoms with Gasteiger partial charge >= 0.3 is 0 Å². The Bertz CT molecular complexity index is 1530. The first-order valence-electron chi connectivity index (χ1n) is 13.9. The van der Waals surface area contributed by atoms with E-state index in [9.17, 15) is 8.42 Å². The summed E-state index contributed by atoms with van der Waals surface area (Å²) >= 11 is 1.55. The number of ether oxygens (including phenoxy) is 6. The van der Waals surface area contributed by atoms with Crippen LogP contribution in [0.5, 0.6) is 28.7 Å². The highest BCUT2D eigenvalue weighted by atomic mass is 32.2. The van der Waals surface area contributed by atoms with E-state index < -0.39 is 9.84 Å². The van der Waals surface area contributed by atoms with Gasteiger partial charge in [0, 0.05) is 10.6 Å². The van der Waals surface area contributed by atoms with E-state index >= 15 is 0 Å². The SMILES string of the molecule is CCCS(=O)(=O)c1cc([C@@H]2CC[C@@H](c3cc(OC)c(OC)c(OC)c3)O2)cc(OC)c1OCCSc1ccc(C#N)cc1. The molecule has 4 rings (SSSR count). The highest BCUT2D eigenvalue weighted by molar-refractivity contribution is 7.99. The molecule has 0 saturated carbocycles. The van der Waals surface area contributed by atoms with E-state index in [1.54, 1.807) is 57.4 Å². The Hall–Kier alpha value is -3.59. The van der Waals surface area contributed by atoms with E-state index in [4.69, 9.17) is 33.7 Å². The average Bonchev–Trinajstić information content (AvgIpc) is 3.53. The number of benzene rings is 3. The summed E-state index contributed by atoms with van der Waals surface area (Å²) in [7, 11) is 2.54. The van der Waals surface area contributed by atoms with Gasteiger partial charge in [0.1, 0.15) is 4.90 Å². The number of hydrogen-bond donors (Lipinski definition) is 0. The lowest BCUT2D eigenvalue weighted by molar-refractivity contribution is 0.0435. The lowest BCUT2D eigenvalue weighted by atomic mass is 10.0. The number of sulfone groups is 1. The fourth-order valence-electron chi connectivity index (χ4n) is 5.03. The molecule has 1 heterocycles. The molecule has 0 spiro atoms. The quantitative estimate of drug-likeness (QED) is 0.144. The number of thioether (sulfide) groups is 1. The van der Waals surface area contributed by atoms with Gasteiger partial charge in [-0.3, -0.25) is 0 Å². The fourth-order valence-corrected chi connectivity index (χ4v) is 7.28. The Morgan fingerprint density at radius 3 is 1.93 bits per heavy atom. The van der Waals surface area contributed by atoms with Crippen molar-refractivity contribution in [1.29, 1.82) is 5.26 Å². The third kappa shape index (κ3) is 7.50. The molecule has 1 aliphatic rings. The van der Waals surface area contributed by atoms with Gasteiger partial charge in [0.2, 0.25) is 5.75 Å². The molecule has 11 heteroatoms. The topological polar surface area (TPSA) is 113 Å². The summed E-state index contributed by atoms with van der Waals surface area (Å²) in [6.07, 6.45) is 1.25. The fraction of sp³-hybridized carbons (Fsp3) is 0.406. The van der Waals surface area contributed by atoms with Crippen molar-refractivity contribution in [2.45, 2.75) is 48.2 Å². The van der Waals surface area contributed by atoms with Gasteiger partial charge in [0.25, 0.3) is 0 Å². The third-order valence-electron chi connectivity index (χ3n) is 7.10. The van der Waals surface area contributed by atoms with Gasteiger partial charge in [0.05, 0.1) is 64.6 Å². The lowest BCUT2D eigenvalue weighted by Crippen LogP contribution is -2.12. The molecule has 9 nitrogen and oxygen atoms in total. The van der Waals surface area contributed by atoms with Crippen LogP contribution < -0.4 is 23.7 Å². The van der Waals surface area contributed by atoms with E-state index in [-0.39, 0.29) is 35.2 Å². The maximum atomic E-state index is 13.4. The van der Waals surface area contributed by atoms with Gasteiger partial charge in [0.15, 0.2) is 32.8 Å². The van der Waals surface area contributed by atoms with Crippen LogP contribution in [-0.4, -0.2) is 55.0 Å². The largest absolute Gasteiger partial charge is 0.493 e. The molecule has 1 aliphatic heterocycles. The summed E-state index contributed by atoms with van der Waals surface area (Å²) in [6, 6.07) is 16.6. The maximum absolute atomic E-state index is 13.4. The lowest BCUT2D eigenvalue weighted by Gasteiger charge is -2.21. The number of rotatable bonds is 14. The molecule has 2 atom stereocenters. The Kier molecular flexibility index (Phi) is 11.1. The van der Waals surface area contributed by atoms with E-state index in [0.29, 0.717) is 59.1 Å². The van der Waals surface area contributed by atoms with Crippen LogP contribution >= 0.6 is 11.8 Å². The van der Waals surface area contributed by atoms with Crippen LogP contribution in [0, 0.1) is 11.3 Å². The summed E-state index contributed by atoms with van der Waals surface area (Å²) in [5, 5.41) is 9.00. The van der Waals surface area contributed by atoms with Crippen molar-refractivity contribution in [3.05, 3.63) is 65.2 Å². The van der Waals surface area contributed by atoms with Gasteiger partial charge in [-0.05, 0) is 78.9 Å². The van der Waals surface area contributed by atoms with Crippen LogP contribution in [0.1, 0.15) is 55.1 Å². The van der Waals surface area contributed by atoms with Crippen molar-refractivity contribution < 1.29 is 36.8 Å². The van der Waals surface area contributed by atoms with Gasteiger partial charge in [-0.15, -0.1) is 11.8 Å². The van der Waals surface area contributed by atoms with Crippen LogP contribution in [0.25, 0.3) is 0 Å². The van der Waals surface area contributed by atoms with Crippen LogP contribution in [-0.2, 0) is 14.6 Å². The molecule has 3 aromatic carbocycles. The van der Waals surface area contributed by atoms with Crippen LogP contribution in [0.2, 0.25) is 0 Å². The summed E-state index contributed by atoms with van der Waals surface area (Å²) in [4.78, 5) is 1.09. The van der Waals surface area contributed by atoms with Crippen LogP contribution in [0.3, 0.4) is 0 Å². The first-order valence-corrected chi connectivity index (χ1v) is 16.6. The summed E-state index contributed by atoms with van der Waals surface area (Å²) in [5.74, 6) is 2.69. The number of hydrogen-bond acceptors (Lipinski definition) is 10. The summed E-state index contributed by atoms with van der Waals surface area (Å²) in [5.41, 5.74) is 2.18. The molecule has 0 aliphatic carbocycles. The number of nitriles is 1. The van der Waals surface area contributed by atoms with Crippen LogP contribution in [0.15, 0.2) is 58.3 Å². The minimum absolute atomic E-state index is 0.0183. The predicted molar refractivity (Wildman–Crippen MR) is 165 cm³/mol. The number of methoxy groups -OCH3 is 4. The van der Waals surface area contributed by atoms with Crippen molar-refractivity contribution in [2.24, 2.45) is 0 Å². The van der Waals surface area contributed by atoms with Crippen molar-refractivity contribution >= 4 is 21.6 Å². The van der Waals surface area contributed by atoms with Crippen molar-refractivity contribution in [2.75, 3.05) is 46.6 Å². The monoisotopic (exact) mass is 627 g/mol. The molecule has 0 radical (unpaired) electrons. The predicted octanol–water partition coefficient (Wildman–Crippen LogP) is 6.54. The first-order chi connectivity index (χ1) is 20.8. The summed E-state index contributed by atoms with van der Waals surface area (Å²) in [6.45, 7) is 2.09. The van der Waals surface area contributed by atoms with E-state index in [1.807, 2.05) is 31.2 Å². The zero-order chi connectivity index (χ0) is 31.0. The molecule has 0 bridgehead atoms. The average molecular weight is 628 g/mol. The van der Waals surface area contributed by atoms with Gasteiger partial charge < -0.3 is 28.4 Å². The zero-order valence-corrected chi connectivity index (χ0v) is 26.7. The molecule has 0 unspecified atom stereocenters. The molecule has 0 amide bonds. The maximum Gasteiger partial charge on any atom is 0.203 e. The Labute approximate surface area is 257 Å². The molecule has 0 aromatic heterocycles. The van der Waals surface area contributed by atoms with Crippen LogP contribution in [0.4, 0.5) is 0 Å². The Balaban J connectivity index is 1.58. The second kappa shape index (κ2) is 14.7. The standard InChI is InChI=1S/C32H37NO8S2/c1-6-15-43(34,35)30-19-23(18-29(38-4)32(30)40-13-14-42-24-9-7-21(20-33)8-10-24)26-12-11-25(41-26)22-16-27(36-2)31(39-5)28(17-22)37-3/h7-10,16-19,25-26H,6,11-15H2,1-5H3/t25-,26-/m0/s1. The number of nitrogens with zero attached hydrogens (tertiary/aromatic N) is 1. The molecule has 1 saturated heterocycles. The minimum Gasteiger partial charge on any atom is -0.493 e. The van der Waals surface area contributed by atoms with Gasteiger partial charge in [-0.1, -0.05) is 6.92 Å². The second-order valence-corrected chi connectivity index (χ2v) is 13.1. The normalized spacial score (nSPS) is 16.4. The minimum atomic E-state index is -3.66. The molecule has 3 aromatic rings.